The summed E-state index contributed by atoms with van der Waals surface area (Å²) < 4.78 is 32.7. The van der Waals surface area contributed by atoms with Crippen LogP contribution in [0.5, 0.6) is 5.19 Å². The van der Waals surface area contributed by atoms with Crippen molar-refractivity contribution in [1.82, 2.24) is 25.4 Å². The van der Waals surface area contributed by atoms with E-state index in [1.807, 2.05) is 6.92 Å². The van der Waals surface area contributed by atoms with E-state index in [4.69, 9.17) is 4.74 Å². The maximum atomic E-state index is 13.4. The summed E-state index contributed by atoms with van der Waals surface area (Å²) >= 11 is 3.01. The predicted molar refractivity (Wildman–Crippen MR) is 131 cm³/mol. The first kappa shape index (κ1) is 25.0. The molecular formula is C24H33F2N5O2S2. The van der Waals surface area contributed by atoms with Crippen LogP contribution in [0.15, 0.2) is 0 Å². The number of amides is 1. The van der Waals surface area contributed by atoms with Crippen molar-refractivity contribution in [3.63, 3.8) is 0 Å². The van der Waals surface area contributed by atoms with Crippen molar-refractivity contribution in [3.8, 4) is 5.19 Å². The van der Waals surface area contributed by atoms with Crippen molar-refractivity contribution in [3.05, 3.63) is 20.6 Å². The highest BCUT2D eigenvalue weighted by Crippen LogP contribution is 2.39. The topological polar surface area (TPSA) is 80.2 Å². The maximum Gasteiger partial charge on any atom is 0.273 e. The van der Waals surface area contributed by atoms with Crippen molar-refractivity contribution in [1.29, 1.82) is 0 Å². The van der Waals surface area contributed by atoms with Crippen molar-refractivity contribution >= 4 is 28.6 Å². The molecule has 2 saturated carbocycles. The summed E-state index contributed by atoms with van der Waals surface area (Å²) in [5.41, 5.74) is 1.05. The molecular weight excluding hydrogens is 492 g/mol. The number of carbonyl (C=O) groups is 1. The second-order valence-corrected chi connectivity index (χ2v) is 12.5. The van der Waals surface area contributed by atoms with Crippen LogP contribution < -0.4 is 10.1 Å². The van der Waals surface area contributed by atoms with Gasteiger partial charge in [-0.1, -0.05) is 11.3 Å². The molecule has 2 aromatic rings. The zero-order chi connectivity index (χ0) is 24.4. The third kappa shape index (κ3) is 6.74. The van der Waals surface area contributed by atoms with E-state index in [1.54, 1.807) is 0 Å². The van der Waals surface area contributed by atoms with Gasteiger partial charge in [0.1, 0.15) is 16.1 Å². The number of hydrogen-bond donors (Lipinski definition) is 1. The summed E-state index contributed by atoms with van der Waals surface area (Å²) in [7, 11) is 0. The van der Waals surface area contributed by atoms with Gasteiger partial charge >= 0.3 is 0 Å². The fourth-order valence-corrected chi connectivity index (χ4v) is 7.09. The molecule has 1 aliphatic heterocycles. The van der Waals surface area contributed by atoms with Crippen LogP contribution in [-0.2, 0) is 24.2 Å². The lowest BCUT2D eigenvalue weighted by molar-refractivity contribution is -0.121. The molecule has 0 aromatic carbocycles. The summed E-state index contributed by atoms with van der Waals surface area (Å²) in [6, 6.07) is 0.263. The van der Waals surface area contributed by atoms with Crippen molar-refractivity contribution in [2.24, 2.45) is 5.92 Å². The molecule has 11 heteroatoms. The Hall–Kier alpha value is -1.72. The molecule has 7 nitrogen and oxygen atoms in total. The van der Waals surface area contributed by atoms with Crippen LogP contribution >= 0.6 is 22.7 Å². The number of ether oxygens (including phenoxy) is 1. The molecule has 2 fully saturated rings. The van der Waals surface area contributed by atoms with Crippen LogP contribution in [0, 0.1) is 12.8 Å². The van der Waals surface area contributed by atoms with Crippen LogP contribution in [-0.4, -0.2) is 57.1 Å². The number of nitrogens with one attached hydrogen (secondary N) is 1. The van der Waals surface area contributed by atoms with Crippen molar-refractivity contribution in [2.75, 3.05) is 13.1 Å². The zero-order valence-corrected chi connectivity index (χ0v) is 21.7. The van der Waals surface area contributed by atoms with Gasteiger partial charge in [0.15, 0.2) is 0 Å². The molecule has 0 radical (unpaired) electrons. The summed E-state index contributed by atoms with van der Waals surface area (Å²) in [5.74, 6) is -1.86. The molecule has 35 heavy (non-hydrogen) atoms. The number of rotatable bonds is 8. The molecule has 2 aromatic heterocycles. The molecule has 0 spiro atoms. The van der Waals surface area contributed by atoms with E-state index < -0.39 is 12.0 Å². The monoisotopic (exact) mass is 525 g/mol. The average molecular weight is 526 g/mol. The number of carbonyl (C=O) groups excluding carboxylic acids is 1. The molecule has 1 unspecified atom stereocenters. The molecule has 1 amide bonds. The number of aryl methyl sites for hydroxylation is 1. The molecule has 3 heterocycles. The Morgan fingerprint density at radius 1 is 1.20 bits per heavy atom. The van der Waals surface area contributed by atoms with Gasteiger partial charge in [0.25, 0.3) is 11.1 Å². The zero-order valence-electron chi connectivity index (χ0n) is 20.1. The Kier molecular flexibility index (Phi) is 7.64. The van der Waals surface area contributed by atoms with Gasteiger partial charge in [0.05, 0.1) is 12.1 Å². The quantitative estimate of drug-likeness (QED) is 0.545. The van der Waals surface area contributed by atoms with E-state index in [9.17, 15) is 13.6 Å². The number of nitrogens with zero attached hydrogens (tertiary/aromatic N) is 4. The summed E-state index contributed by atoms with van der Waals surface area (Å²) in [5, 5.41) is 13.4. The van der Waals surface area contributed by atoms with Crippen LogP contribution in [0.3, 0.4) is 0 Å². The normalized spacial score (nSPS) is 26.4. The smallest absolute Gasteiger partial charge is 0.273 e. The van der Waals surface area contributed by atoms with Crippen LogP contribution in [0.25, 0.3) is 0 Å². The van der Waals surface area contributed by atoms with Crippen molar-refractivity contribution < 1.29 is 18.3 Å². The number of hydrogen-bond acceptors (Lipinski definition) is 8. The van der Waals surface area contributed by atoms with E-state index in [2.05, 4.69) is 25.4 Å². The van der Waals surface area contributed by atoms with Gasteiger partial charge in [-0.25, -0.2) is 13.8 Å². The van der Waals surface area contributed by atoms with E-state index in [1.165, 1.54) is 27.6 Å². The third-order valence-electron chi connectivity index (χ3n) is 7.36. The van der Waals surface area contributed by atoms with E-state index in [0.717, 1.165) is 73.9 Å². The van der Waals surface area contributed by atoms with Gasteiger partial charge in [-0.2, -0.15) is 0 Å². The van der Waals surface area contributed by atoms with Gasteiger partial charge in [-0.15, -0.1) is 21.5 Å². The minimum atomic E-state index is -2.60. The molecule has 1 N–H and O–H groups in total. The van der Waals surface area contributed by atoms with E-state index >= 15 is 0 Å². The molecule has 192 valence electrons. The Morgan fingerprint density at radius 3 is 2.74 bits per heavy atom. The number of aromatic nitrogens is 3. The maximum absolute atomic E-state index is 13.4. The largest absolute Gasteiger partial charge is 0.466 e. The minimum absolute atomic E-state index is 0.0435. The number of fused-ring (bicyclic) bond motifs is 1. The fourth-order valence-electron chi connectivity index (χ4n) is 5.41. The van der Waals surface area contributed by atoms with Crippen molar-refractivity contribution in [2.45, 2.75) is 95.7 Å². The Morgan fingerprint density at radius 2 is 2.03 bits per heavy atom. The molecule has 1 atom stereocenters. The number of alkyl halides is 2. The SMILES string of the molecule is Cc1nnc(CC(=O)NC2CCC(CCN3CCc4sc(OC5CCC(F)(F)C5)nc4C3)CC2)s1. The van der Waals surface area contributed by atoms with Crippen LogP contribution in [0.2, 0.25) is 0 Å². The average Bonchev–Trinajstić information content (AvgIpc) is 3.50. The lowest BCUT2D eigenvalue weighted by Gasteiger charge is -2.31. The van der Waals surface area contributed by atoms with Crippen LogP contribution in [0.1, 0.15) is 72.0 Å². The molecule has 3 aliphatic rings. The second kappa shape index (κ2) is 10.7. The Balaban J connectivity index is 1.01. The third-order valence-corrected chi connectivity index (χ3v) is 9.25. The Labute approximate surface area is 212 Å². The van der Waals surface area contributed by atoms with E-state index in [0.29, 0.717) is 24.0 Å². The molecule has 0 saturated heterocycles. The minimum Gasteiger partial charge on any atom is -0.466 e. The summed E-state index contributed by atoms with van der Waals surface area (Å²) in [6.45, 7) is 4.76. The van der Waals surface area contributed by atoms with E-state index in [-0.39, 0.29) is 24.8 Å². The first-order valence-corrected chi connectivity index (χ1v) is 14.3. The van der Waals surface area contributed by atoms with Gasteiger partial charge < -0.3 is 10.1 Å². The Bertz CT molecular complexity index is 1020. The fraction of sp³-hybridized carbons (Fsp3) is 0.750. The van der Waals surface area contributed by atoms with Gasteiger partial charge in [-0.3, -0.25) is 9.69 Å². The number of thiazole rings is 1. The highest BCUT2D eigenvalue weighted by atomic mass is 32.1. The first-order valence-electron chi connectivity index (χ1n) is 12.6. The second-order valence-electron chi connectivity index (χ2n) is 10.2. The summed E-state index contributed by atoms with van der Waals surface area (Å²) in [6.07, 6.45) is 6.47. The molecule has 5 rings (SSSR count). The van der Waals surface area contributed by atoms with Gasteiger partial charge in [0, 0.05) is 36.9 Å². The highest BCUT2D eigenvalue weighted by molar-refractivity contribution is 7.13. The molecule has 2 aliphatic carbocycles. The van der Waals surface area contributed by atoms with Gasteiger partial charge in [-0.05, 0) is 64.3 Å². The lowest BCUT2D eigenvalue weighted by Crippen LogP contribution is -2.39. The van der Waals surface area contributed by atoms with Crippen LogP contribution in [0.4, 0.5) is 8.78 Å². The molecule has 0 bridgehead atoms. The highest BCUT2D eigenvalue weighted by Gasteiger charge is 2.41. The first-order chi connectivity index (χ1) is 16.8. The predicted octanol–water partition coefficient (Wildman–Crippen LogP) is 4.54. The lowest BCUT2D eigenvalue weighted by atomic mass is 9.84. The van der Waals surface area contributed by atoms with Gasteiger partial charge in [0.2, 0.25) is 5.91 Å². The summed E-state index contributed by atoms with van der Waals surface area (Å²) in [4.78, 5) is 20.6. The standard InChI is InChI=1S/C24H33F2N5O2S2/c1-15-29-30-22(34-15)12-21(32)27-17-4-2-16(3-5-17)7-10-31-11-8-20-19(14-31)28-23(35-20)33-18-6-9-24(25,26)13-18/h16-18H,2-14H2,1H3,(H,27,32). The number of halogens is 2.